The molecule has 0 radical (unpaired) electrons. The normalized spacial score (nSPS) is 13.4. The van der Waals surface area contributed by atoms with Crippen molar-refractivity contribution in [3.63, 3.8) is 0 Å². The molecule has 0 unspecified atom stereocenters. The molecule has 0 aliphatic carbocycles. The van der Waals surface area contributed by atoms with Crippen molar-refractivity contribution < 1.29 is 5.21 Å². The molecule has 3 nitrogen and oxygen atoms in total. The molecule has 0 amide bonds. The standard InChI is InChI=1S/C14H18N2O/c1-4-5-13(10-16-17)14(15-3)12-8-6-11(2)7-9-12/h5-10,17H,4H2,1-3H3/b13-5-,15-14?,16-10+. The fourth-order valence-electron chi connectivity index (χ4n) is 1.63. The van der Waals surface area contributed by atoms with Gasteiger partial charge in [0.05, 0.1) is 11.9 Å². The SMILES string of the molecule is CC/C=C(/C=N/O)C(=NC)c1ccc(C)cc1. The minimum absolute atomic E-state index is 0.835. The highest BCUT2D eigenvalue weighted by molar-refractivity contribution is 6.23. The maximum atomic E-state index is 8.67. The summed E-state index contributed by atoms with van der Waals surface area (Å²) in [5, 5.41) is 11.8. The summed E-state index contributed by atoms with van der Waals surface area (Å²) in [4.78, 5) is 4.27. The van der Waals surface area contributed by atoms with E-state index in [1.165, 1.54) is 11.8 Å². The van der Waals surface area contributed by atoms with Crippen molar-refractivity contribution in [3.05, 3.63) is 47.0 Å². The number of rotatable bonds is 4. The van der Waals surface area contributed by atoms with Gasteiger partial charge < -0.3 is 5.21 Å². The quantitative estimate of drug-likeness (QED) is 0.482. The fraction of sp³-hybridized carbons (Fsp3) is 0.286. The van der Waals surface area contributed by atoms with Gasteiger partial charge in [-0.25, -0.2) is 0 Å². The summed E-state index contributed by atoms with van der Waals surface area (Å²) in [5.41, 5.74) is 3.91. The zero-order valence-electron chi connectivity index (χ0n) is 10.5. The van der Waals surface area contributed by atoms with Gasteiger partial charge in [0.1, 0.15) is 0 Å². The number of aliphatic imine (C=N–C) groups is 1. The van der Waals surface area contributed by atoms with Crippen molar-refractivity contribution in [2.45, 2.75) is 20.3 Å². The number of oxime groups is 1. The highest BCUT2D eigenvalue weighted by Gasteiger charge is 2.06. The first-order valence-corrected chi connectivity index (χ1v) is 5.64. The van der Waals surface area contributed by atoms with Gasteiger partial charge in [-0.1, -0.05) is 48.0 Å². The van der Waals surface area contributed by atoms with E-state index in [9.17, 15) is 0 Å². The van der Waals surface area contributed by atoms with Gasteiger partial charge in [0.15, 0.2) is 0 Å². The van der Waals surface area contributed by atoms with E-state index in [1.807, 2.05) is 44.2 Å². The molecule has 0 aliphatic heterocycles. The molecule has 3 heteroatoms. The summed E-state index contributed by atoms with van der Waals surface area (Å²) in [6.07, 6.45) is 4.28. The third-order valence-corrected chi connectivity index (χ3v) is 2.44. The first-order valence-electron chi connectivity index (χ1n) is 5.64. The maximum Gasteiger partial charge on any atom is 0.0752 e. The second-order valence-electron chi connectivity index (χ2n) is 3.75. The predicted octanol–water partition coefficient (Wildman–Crippen LogP) is 3.21. The van der Waals surface area contributed by atoms with Crippen LogP contribution in [-0.4, -0.2) is 24.2 Å². The molecule has 0 bridgehead atoms. The van der Waals surface area contributed by atoms with Crippen molar-refractivity contribution in [1.29, 1.82) is 0 Å². The van der Waals surface area contributed by atoms with Crippen LogP contribution in [0.2, 0.25) is 0 Å². The smallest absolute Gasteiger partial charge is 0.0752 e. The molecule has 0 aliphatic rings. The molecule has 90 valence electrons. The van der Waals surface area contributed by atoms with Crippen LogP contribution < -0.4 is 0 Å². The molecule has 0 saturated carbocycles. The summed E-state index contributed by atoms with van der Waals surface area (Å²) < 4.78 is 0. The predicted molar refractivity (Wildman–Crippen MR) is 72.3 cm³/mol. The largest absolute Gasteiger partial charge is 0.411 e. The van der Waals surface area contributed by atoms with E-state index in [0.717, 1.165) is 23.3 Å². The Morgan fingerprint density at radius 2 is 1.94 bits per heavy atom. The van der Waals surface area contributed by atoms with E-state index in [0.29, 0.717) is 0 Å². The average Bonchev–Trinajstić information content (AvgIpc) is 2.33. The van der Waals surface area contributed by atoms with E-state index in [2.05, 4.69) is 10.1 Å². The van der Waals surface area contributed by atoms with Crippen molar-refractivity contribution in [2.75, 3.05) is 7.05 Å². The second kappa shape index (κ2) is 6.63. The summed E-state index contributed by atoms with van der Waals surface area (Å²) in [6, 6.07) is 8.12. The van der Waals surface area contributed by atoms with Crippen LogP contribution >= 0.6 is 0 Å². The Hall–Kier alpha value is -1.90. The van der Waals surface area contributed by atoms with Crippen LogP contribution in [0, 0.1) is 6.92 Å². The molecule has 0 aromatic heterocycles. The molecule has 1 N–H and O–H groups in total. The molecular weight excluding hydrogens is 212 g/mol. The summed E-state index contributed by atoms with van der Waals surface area (Å²) >= 11 is 0. The average molecular weight is 230 g/mol. The van der Waals surface area contributed by atoms with E-state index < -0.39 is 0 Å². The minimum Gasteiger partial charge on any atom is -0.411 e. The lowest BCUT2D eigenvalue weighted by molar-refractivity contribution is 0.322. The van der Waals surface area contributed by atoms with E-state index >= 15 is 0 Å². The summed E-state index contributed by atoms with van der Waals surface area (Å²) in [7, 11) is 1.74. The highest BCUT2D eigenvalue weighted by atomic mass is 16.4. The lowest BCUT2D eigenvalue weighted by Gasteiger charge is -2.07. The van der Waals surface area contributed by atoms with Gasteiger partial charge >= 0.3 is 0 Å². The molecule has 1 rings (SSSR count). The van der Waals surface area contributed by atoms with Crippen molar-refractivity contribution >= 4 is 11.9 Å². The molecule has 0 fully saturated rings. The number of benzene rings is 1. The summed E-state index contributed by atoms with van der Waals surface area (Å²) in [6.45, 7) is 4.08. The molecule has 0 saturated heterocycles. The Kier molecular flexibility index (Phi) is 5.14. The van der Waals surface area contributed by atoms with Gasteiger partial charge in [-0.3, -0.25) is 4.99 Å². The lowest BCUT2D eigenvalue weighted by atomic mass is 10.0. The lowest BCUT2D eigenvalue weighted by Crippen LogP contribution is -2.06. The number of allylic oxidation sites excluding steroid dienone is 2. The van der Waals surface area contributed by atoms with Crippen LogP contribution in [0.5, 0.6) is 0 Å². The van der Waals surface area contributed by atoms with Gasteiger partial charge in [0.2, 0.25) is 0 Å². The minimum atomic E-state index is 0.835. The Labute approximate surface area is 102 Å². The molecule has 1 aromatic carbocycles. The number of nitrogens with zero attached hydrogens (tertiary/aromatic N) is 2. The zero-order valence-corrected chi connectivity index (χ0v) is 10.5. The Morgan fingerprint density at radius 3 is 2.41 bits per heavy atom. The van der Waals surface area contributed by atoms with Crippen LogP contribution in [0.4, 0.5) is 0 Å². The van der Waals surface area contributed by atoms with Crippen molar-refractivity contribution in [1.82, 2.24) is 0 Å². The molecule has 0 spiro atoms. The van der Waals surface area contributed by atoms with Gasteiger partial charge in [0.25, 0.3) is 0 Å². The van der Waals surface area contributed by atoms with Gasteiger partial charge in [-0.2, -0.15) is 0 Å². The third-order valence-electron chi connectivity index (χ3n) is 2.44. The molecule has 0 atom stereocenters. The number of hydrogen-bond acceptors (Lipinski definition) is 3. The first-order chi connectivity index (χ1) is 8.22. The van der Waals surface area contributed by atoms with Crippen molar-refractivity contribution in [3.8, 4) is 0 Å². The maximum absolute atomic E-state index is 8.67. The van der Waals surface area contributed by atoms with E-state index in [1.54, 1.807) is 7.05 Å². The molecular formula is C14H18N2O. The molecule has 17 heavy (non-hydrogen) atoms. The Balaban J connectivity index is 3.14. The van der Waals surface area contributed by atoms with Crippen LogP contribution in [0.15, 0.2) is 46.1 Å². The van der Waals surface area contributed by atoms with Crippen LogP contribution in [0.3, 0.4) is 0 Å². The third kappa shape index (κ3) is 3.55. The van der Waals surface area contributed by atoms with E-state index in [4.69, 9.17) is 5.21 Å². The molecule has 0 heterocycles. The van der Waals surface area contributed by atoms with Gasteiger partial charge in [-0.05, 0) is 13.3 Å². The zero-order chi connectivity index (χ0) is 12.7. The monoisotopic (exact) mass is 230 g/mol. The molecule has 1 aromatic rings. The van der Waals surface area contributed by atoms with Gasteiger partial charge in [-0.15, -0.1) is 0 Å². The fourth-order valence-corrected chi connectivity index (χ4v) is 1.63. The van der Waals surface area contributed by atoms with Crippen LogP contribution in [0.1, 0.15) is 24.5 Å². The Bertz CT molecular complexity index is 442. The number of aryl methyl sites for hydroxylation is 1. The van der Waals surface area contributed by atoms with Crippen LogP contribution in [-0.2, 0) is 0 Å². The number of hydrogen-bond donors (Lipinski definition) is 1. The first kappa shape index (κ1) is 13.2. The van der Waals surface area contributed by atoms with Crippen LogP contribution in [0.25, 0.3) is 0 Å². The van der Waals surface area contributed by atoms with Crippen molar-refractivity contribution in [2.24, 2.45) is 10.1 Å². The Morgan fingerprint density at radius 1 is 1.29 bits per heavy atom. The summed E-state index contributed by atoms with van der Waals surface area (Å²) in [5.74, 6) is 0. The van der Waals surface area contributed by atoms with E-state index in [-0.39, 0.29) is 0 Å². The second-order valence-corrected chi connectivity index (χ2v) is 3.75. The van der Waals surface area contributed by atoms with Gasteiger partial charge in [0, 0.05) is 18.2 Å². The highest BCUT2D eigenvalue weighted by Crippen LogP contribution is 2.11. The topological polar surface area (TPSA) is 45.0 Å².